The van der Waals surface area contributed by atoms with E-state index >= 15 is 0 Å². The lowest BCUT2D eigenvalue weighted by Crippen LogP contribution is -2.53. The van der Waals surface area contributed by atoms with E-state index in [4.69, 9.17) is 5.73 Å². The van der Waals surface area contributed by atoms with Gasteiger partial charge in [-0.15, -0.1) is 0 Å². The zero-order valence-electron chi connectivity index (χ0n) is 13.1. The minimum atomic E-state index is -0.317. The second-order valence-electron chi connectivity index (χ2n) is 6.59. The summed E-state index contributed by atoms with van der Waals surface area (Å²) in [5, 5.41) is 0. The van der Waals surface area contributed by atoms with Gasteiger partial charge in [-0.3, -0.25) is 9.69 Å². The van der Waals surface area contributed by atoms with E-state index in [0.29, 0.717) is 5.92 Å². The molecule has 1 atom stereocenters. The van der Waals surface area contributed by atoms with Gasteiger partial charge in [0.2, 0.25) is 5.91 Å². The molecule has 2 N–H and O–H groups in total. The van der Waals surface area contributed by atoms with Crippen LogP contribution < -0.4 is 5.73 Å². The van der Waals surface area contributed by atoms with Crippen LogP contribution in [-0.4, -0.2) is 54.5 Å². The first kappa shape index (κ1) is 16.4. The molecule has 0 saturated carbocycles. The molecule has 19 heavy (non-hydrogen) atoms. The van der Waals surface area contributed by atoms with E-state index in [-0.39, 0.29) is 11.9 Å². The number of hydrogen-bond acceptors (Lipinski definition) is 3. The summed E-state index contributed by atoms with van der Waals surface area (Å²) in [4.78, 5) is 16.6. The third kappa shape index (κ3) is 5.91. The molecule has 1 unspecified atom stereocenters. The lowest BCUT2D eigenvalue weighted by molar-refractivity contribution is -0.134. The van der Waals surface area contributed by atoms with Crippen LogP contribution in [0.2, 0.25) is 0 Å². The van der Waals surface area contributed by atoms with Crippen LogP contribution in [0.5, 0.6) is 0 Å². The number of rotatable bonds is 6. The number of nitrogens with zero attached hydrogens (tertiary/aromatic N) is 2. The molecule has 1 fully saturated rings. The Labute approximate surface area is 118 Å². The fourth-order valence-electron chi connectivity index (χ4n) is 2.48. The second-order valence-corrected chi connectivity index (χ2v) is 6.59. The van der Waals surface area contributed by atoms with E-state index < -0.39 is 0 Å². The Morgan fingerprint density at radius 3 is 2.11 bits per heavy atom. The first-order chi connectivity index (χ1) is 8.90. The number of piperazine rings is 1. The van der Waals surface area contributed by atoms with Crippen molar-refractivity contribution in [3.8, 4) is 0 Å². The minimum absolute atomic E-state index is 0.136. The molecule has 1 amide bonds. The molecule has 0 aromatic rings. The van der Waals surface area contributed by atoms with Gasteiger partial charge in [-0.05, 0) is 31.2 Å². The van der Waals surface area contributed by atoms with Crippen LogP contribution in [0.1, 0.15) is 40.5 Å². The zero-order chi connectivity index (χ0) is 14.4. The van der Waals surface area contributed by atoms with Gasteiger partial charge in [0.05, 0.1) is 6.04 Å². The van der Waals surface area contributed by atoms with E-state index in [9.17, 15) is 4.79 Å². The molecule has 112 valence electrons. The van der Waals surface area contributed by atoms with Gasteiger partial charge in [0, 0.05) is 26.2 Å². The Balaban J connectivity index is 2.30. The van der Waals surface area contributed by atoms with Crippen LogP contribution in [-0.2, 0) is 4.79 Å². The van der Waals surface area contributed by atoms with Crippen molar-refractivity contribution in [2.45, 2.75) is 46.6 Å². The Bertz CT molecular complexity index is 271. The molecule has 1 saturated heterocycles. The average molecular weight is 269 g/mol. The Morgan fingerprint density at radius 1 is 1.05 bits per heavy atom. The maximum absolute atomic E-state index is 12.2. The van der Waals surface area contributed by atoms with Crippen molar-refractivity contribution >= 4 is 5.91 Å². The predicted molar refractivity (Wildman–Crippen MR) is 79.9 cm³/mol. The maximum atomic E-state index is 12.2. The third-order valence-electron chi connectivity index (χ3n) is 3.75. The smallest absolute Gasteiger partial charge is 0.239 e. The second kappa shape index (κ2) is 7.85. The van der Waals surface area contributed by atoms with Gasteiger partial charge in [0.1, 0.15) is 0 Å². The van der Waals surface area contributed by atoms with Gasteiger partial charge >= 0.3 is 0 Å². The molecule has 1 rings (SSSR count). The van der Waals surface area contributed by atoms with E-state index in [0.717, 1.165) is 45.1 Å². The topological polar surface area (TPSA) is 49.6 Å². The van der Waals surface area contributed by atoms with Crippen molar-refractivity contribution in [2.24, 2.45) is 17.6 Å². The molecule has 4 nitrogen and oxygen atoms in total. The number of nitrogens with two attached hydrogens (primary N) is 1. The van der Waals surface area contributed by atoms with Crippen molar-refractivity contribution in [3.05, 3.63) is 0 Å². The van der Waals surface area contributed by atoms with Gasteiger partial charge in [-0.2, -0.15) is 0 Å². The number of amides is 1. The number of carbonyl (C=O) groups is 1. The molecule has 0 aromatic heterocycles. The summed E-state index contributed by atoms with van der Waals surface area (Å²) in [7, 11) is 0. The SMILES string of the molecule is CC(C)CCN1CCN(C(=O)C(N)CC(C)C)CC1. The first-order valence-electron chi connectivity index (χ1n) is 7.67. The summed E-state index contributed by atoms with van der Waals surface area (Å²) in [6.07, 6.45) is 2.02. The molecule has 0 aliphatic carbocycles. The minimum Gasteiger partial charge on any atom is -0.339 e. The van der Waals surface area contributed by atoms with Gasteiger partial charge < -0.3 is 10.6 Å². The van der Waals surface area contributed by atoms with Crippen LogP contribution in [0.15, 0.2) is 0 Å². The summed E-state index contributed by atoms with van der Waals surface area (Å²) in [6.45, 7) is 13.5. The Kier molecular flexibility index (Phi) is 6.80. The van der Waals surface area contributed by atoms with Gasteiger partial charge in [-0.1, -0.05) is 27.7 Å². The van der Waals surface area contributed by atoms with E-state index in [1.165, 1.54) is 6.42 Å². The standard InChI is InChI=1S/C15H31N3O/c1-12(2)5-6-17-7-9-18(10-8-17)15(19)14(16)11-13(3)4/h12-14H,5-11,16H2,1-4H3. The first-order valence-corrected chi connectivity index (χ1v) is 7.67. The maximum Gasteiger partial charge on any atom is 0.239 e. The van der Waals surface area contributed by atoms with Gasteiger partial charge in [0.25, 0.3) is 0 Å². The molecule has 4 heteroatoms. The zero-order valence-corrected chi connectivity index (χ0v) is 13.1. The summed E-state index contributed by atoms with van der Waals surface area (Å²) < 4.78 is 0. The molecule has 1 aliphatic rings. The molecule has 0 aromatic carbocycles. The van der Waals surface area contributed by atoms with Crippen molar-refractivity contribution in [1.29, 1.82) is 0 Å². The largest absolute Gasteiger partial charge is 0.339 e. The van der Waals surface area contributed by atoms with Crippen molar-refractivity contribution < 1.29 is 4.79 Å². The van der Waals surface area contributed by atoms with E-state index in [1.807, 2.05) is 4.90 Å². The highest BCUT2D eigenvalue weighted by atomic mass is 16.2. The van der Waals surface area contributed by atoms with Crippen molar-refractivity contribution in [3.63, 3.8) is 0 Å². The van der Waals surface area contributed by atoms with Crippen LogP contribution >= 0.6 is 0 Å². The van der Waals surface area contributed by atoms with Crippen LogP contribution in [0.4, 0.5) is 0 Å². The fourth-order valence-corrected chi connectivity index (χ4v) is 2.48. The van der Waals surface area contributed by atoms with Gasteiger partial charge in [0.15, 0.2) is 0 Å². The number of carbonyl (C=O) groups excluding carboxylic acids is 1. The van der Waals surface area contributed by atoms with Gasteiger partial charge in [-0.25, -0.2) is 0 Å². The summed E-state index contributed by atoms with van der Waals surface area (Å²) in [5.41, 5.74) is 5.98. The Hall–Kier alpha value is -0.610. The predicted octanol–water partition coefficient (Wildman–Crippen LogP) is 1.55. The number of hydrogen-bond donors (Lipinski definition) is 1. The van der Waals surface area contributed by atoms with E-state index in [2.05, 4.69) is 32.6 Å². The van der Waals surface area contributed by atoms with Crippen LogP contribution in [0, 0.1) is 11.8 Å². The molecular formula is C15H31N3O. The third-order valence-corrected chi connectivity index (χ3v) is 3.75. The molecule has 1 heterocycles. The average Bonchev–Trinajstić information content (AvgIpc) is 2.35. The lowest BCUT2D eigenvalue weighted by atomic mass is 10.0. The lowest BCUT2D eigenvalue weighted by Gasteiger charge is -2.36. The van der Waals surface area contributed by atoms with Crippen molar-refractivity contribution in [1.82, 2.24) is 9.80 Å². The highest BCUT2D eigenvalue weighted by Crippen LogP contribution is 2.10. The summed E-state index contributed by atoms with van der Waals surface area (Å²) >= 11 is 0. The molecular weight excluding hydrogens is 238 g/mol. The quantitative estimate of drug-likeness (QED) is 0.796. The highest BCUT2D eigenvalue weighted by Gasteiger charge is 2.25. The van der Waals surface area contributed by atoms with Crippen LogP contribution in [0.25, 0.3) is 0 Å². The molecule has 1 aliphatic heterocycles. The fraction of sp³-hybridized carbons (Fsp3) is 0.933. The molecule has 0 radical (unpaired) electrons. The van der Waals surface area contributed by atoms with Crippen molar-refractivity contribution in [2.75, 3.05) is 32.7 Å². The normalized spacial score (nSPS) is 19.2. The monoisotopic (exact) mass is 269 g/mol. The highest BCUT2D eigenvalue weighted by molar-refractivity contribution is 5.81. The van der Waals surface area contributed by atoms with E-state index in [1.54, 1.807) is 0 Å². The van der Waals surface area contributed by atoms with Crippen LogP contribution in [0.3, 0.4) is 0 Å². The molecule has 0 bridgehead atoms. The Morgan fingerprint density at radius 2 is 1.63 bits per heavy atom. The summed E-state index contributed by atoms with van der Waals surface area (Å²) in [6, 6.07) is -0.317. The molecule has 0 spiro atoms. The summed E-state index contributed by atoms with van der Waals surface area (Å²) in [5.74, 6) is 1.36.